The Balaban J connectivity index is 2.28. The van der Waals surface area contributed by atoms with Gasteiger partial charge in [-0.3, -0.25) is 4.68 Å². The Morgan fingerprint density at radius 1 is 1.38 bits per heavy atom. The number of benzene rings is 1. The fourth-order valence-corrected chi connectivity index (χ4v) is 2.42. The maximum atomic E-state index is 11.9. The average molecular weight is 287 g/mol. The van der Waals surface area contributed by atoms with Crippen molar-refractivity contribution in [3.63, 3.8) is 0 Å². The lowest BCUT2D eigenvalue weighted by molar-refractivity contribution is 0.0601. The lowest BCUT2D eigenvalue weighted by Crippen LogP contribution is -2.21. The van der Waals surface area contributed by atoms with Crippen LogP contribution in [0.15, 0.2) is 30.3 Å². The molecular weight excluding hydrogens is 266 g/mol. The molecule has 0 radical (unpaired) electrons. The first kappa shape index (κ1) is 15.1. The Morgan fingerprint density at radius 3 is 2.76 bits per heavy atom. The molecule has 5 nitrogen and oxygen atoms in total. The second-order valence-electron chi connectivity index (χ2n) is 4.96. The molecule has 0 aliphatic rings. The van der Waals surface area contributed by atoms with E-state index in [2.05, 4.69) is 18.1 Å². The van der Waals surface area contributed by atoms with Crippen molar-refractivity contribution in [1.82, 2.24) is 9.78 Å². The molecule has 1 aromatic carbocycles. The van der Waals surface area contributed by atoms with Gasteiger partial charge in [0.05, 0.1) is 36.3 Å². The van der Waals surface area contributed by atoms with Crippen LogP contribution in [0.25, 0.3) is 0 Å². The zero-order chi connectivity index (χ0) is 15.4. The third kappa shape index (κ3) is 3.24. The highest BCUT2D eigenvalue weighted by molar-refractivity contribution is 5.95. The molecule has 0 fully saturated rings. The van der Waals surface area contributed by atoms with Crippen LogP contribution in [0.2, 0.25) is 0 Å². The van der Waals surface area contributed by atoms with Gasteiger partial charge in [-0.1, -0.05) is 12.1 Å². The normalized spacial score (nSPS) is 10.5. The summed E-state index contributed by atoms with van der Waals surface area (Å²) in [6.07, 6.45) is 0. The van der Waals surface area contributed by atoms with Crippen molar-refractivity contribution in [2.45, 2.75) is 26.9 Å². The predicted molar refractivity (Wildman–Crippen MR) is 82.5 cm³/mol. The number of hydrogen-bond acceptors (Lipinski definition) is 4. The van der Waals surface area contributed by atoms with Crippen LogP contribution >= 0.6 is 0 Å². The van der Waals surface area contributed by atoms with Gasteiger partial charge in [0, 0.05) is 13.6 Å². The van der Waals surface area contributed by atoms with E-state index in [1.165, 1.54) is 7.11 Å². The average Bonchev–Trinajstić information content (AvgIpc) is 2.86. The van der Waals surface area contributed by atoms with Gasteiger partial charge in [0.25, 0.3) is 0 Å². The predicted octanol–water partition coefficient (Wildman–Crippen LogP) is 2.63. The van der Waals surface area contributed by atoms with Gasteiger partial charge in [-0.05, 0) is 32.0 Å². The molecule has 1 heterocycles. The highest BCUT2D eigenvalue weighted by Crippen LogP contribution is 2.22. The van der Waals surface area contributed by atoms with Crippen molar-refractivity contribution in [2.24, 2.45) is 0 Å². The maximum absolute atomic E-state index is 11.9. The van der Waals surface area contributed by atoms with Crippen LogP contribution in [0.3, 0.4) is 0 Å². The first-order valence-corrected chi connectivity index (χ1v) is 6.98. The van der Waals surface area contributed by atoms with E-state index >= 15 is 0 Å². The largest absolute Gasteiger partial charge is 0.465 e. The summed E-state index contributed by atoms with van der Waals surface area (Å²) in [4.78, 5) is 13.9. The molecule has 0 amide bonds. The molecule has 112 valence electrons. The molecule has 5 heteroatoms. The standard InChI is InChI=1S/C16H21N3O2/c1-5-19-13(10-12(2)17-19)11-18(3)15-9-7-6-8-14(15)16(20)21-4/h6-10H,5,11H2,1-4H3. The fraction of sp³-hybridized carbons (Fsp3) is 0.375. The molecule has 21 heavy (non-hydrogen) atoms. The molecule has 0 aliphatic carbocycles. The van der Waals surface area contributed by atoms with E-state index in [4.69, 9.17) is 4.74 Å². The number of rotatable bonds is 5. The van der Waals surface area contributed by atoms with E-state index in [0.29, 0.717) is 12.1 Å². The number of anilines is 1. The van der Waals surface area contributed by atoms with E-state index in [9.17, 15) is 4.79 Å². The Labute approximate surface area is 125 Å². The van der Waals surface area contributed by atoms with Crippen molar-refractivity contribution in [3.05, 3.63) is 47.3 Å². The summed E-state index contributed by atoms with van der Waals surface area (Å²) < 4.78 is 6.82. The summed E-state index contributed by atoms with van der Waals surface area (Å²) >= 11 is 0. The third-order valence-electron chi connectivity index (χ3n) is 3.40. The van der Waals surface area contributed by atoms with Gasteiger partial charge < -0.3 is 9.64 Å². The number of hydrogen-bond donors (Lipinski definition) is 0. The Morgan fingerprint density at radius 2 is 2.10 bits per heavy atom. The third-order valence-corrected chi connectivity index (χ3v) is 3.40. The number of carbonyl (C=O) groups is 1. The summed E-state index contributed by atoms with van der Waals surface area (Å²) in [5, 5.41) is 4.45. The minimum absolute atomic E-state index is 0.322. The van der Waals surface area contributed by atoms with E-state index in [-0.39, 0.29) is 5.97 Å². The Bertz CT molecular complexity index is 634. The van der Waals surface area contributed by atoms with Crippen molar-refractivity contribution < 1.29 is 9.53 Å². The van der Waals surface area contributed by atoms with Crippen LogP contribution in [0.4, 0.5) is 5.69 Å². The zero-order valence-corrected chi connectivity index (χ0v) is 13.0. The summed E-state index contributed by atoms with van der Waals surface area (Å²) in [5.41, 5.74) is 3.55. The fourth-order valence-electron chi connectivity index (χ4n) is 2.42. The van der Waals surface area contributed by atoms with Gasteiger partial charge in [0.15, 0.2) is 0 Å². The molecule has 2 rings (SSSR count). The number of para-hydroxylation sites is 1. The molecule has 0 N–H and O–H groups in total. The quantitative estimate of drug-likeness (QED) is 0.793. The molecule has 1 aromatic heterocycles. The number of methoxy groups -OCH3 is 1. The highest BCUT2D eigenvalue weighted by atomic mass is 16.5. The van der Waals surface area contributed by atoms with Crippen molar-refractivity contribution in [3.8, 4) is 0 Å². The maximum Gasteiger partial charge on any atom is 0.339 e. The lowest BCUT2D eigenvalue weighted by atomic mass is 10.1. The van der Waals surface area contributed by atoms with Gasteiger partial charge in [0.1, 0.15) is 0 Å². The first-order valence-electron chi connectivity index (χ1n) is 6.98. The van der Waals surface area contributed by atoms with Crippen LogP contribution in [-0.4, -0.2) is 29.9 Å². The highest BCUT2D eigenvalue weighted by Gasteiger charge is 2.15. The molecule has 0 bridgehead atoms. The monoisotopic (exact) mass is 287 g/mol. The smallest absolute Gasteiger partial charge is 0.339 e. The minimum Gasteiger partial charge on any atom is -0.465 e. The second kappa shape index (κ2) is 6.43. The van der Waals surface area contributed by atoms with Crippen molar-refractivity contribution >= 4 is 11.7 Å². The van der Waals surface area contributed by atoms with Gasteiger partial charge in [-0.25, -0.2) is 4.79 Å². The SMILES string of the molecule is CCn1nc(C)cc1CN(C)c1ccccc1C(=O)OC. The van der Waals surface area contributed by atoms with Gasteiger partial charge in [0.2, 0.25) is 0 Å². The number of carbonyl (C=O) groups excluding carboxylic acids is 1. The molecule has 0 saturated heterocycles. The first-order chi connectivity index (χ1) is 10.1. The van der Waals surface area contributed by atoms with Gasteiger partial charge >= 0.3 is 5.97 Å². The second-order valence-corrected chi connectivity index (χ2v) is 4.96. The number of aromatic nitrogens is 2. The van der Waals surface area contributed by atoms with Crippen LogP contribution < -0.4 is 4.90 Å². The van der Waals surface area contributed by atoms with Gasteiger partial charge in [-0.2, -0.15) is 5.10 Å². The van der Waals surface area contributed by atoms with Crippen LogP contribution in [-0.2, 0) is 17.8 Å². The zero-order valence-electron chi connectivity index (χ0n) is 13.0. The number of nitrogens with zero attached hydrogens (tertiary/aromatic N) is 3. The molecule has 0 spiro atoms. The Hall–Kier alpha value is -2.30. The molecule has 0 aliphatic heterocycles. The molecule has 0 atom stereocenters. The van der Waals surface area contributed by atoms with Crippen molar-refractivity contribution in [2.75, 3.05) is 19.1 Å². The number of ether oxygens (including phenoxy) is 1. The molecule has 0 unspecified atom stereocenters. The number of aryl methyl sites for hydroxylation is 2. The van der Waals surface area contributed by atoms with Crippen LogP contribution in [0.5, 0.6) is 0 Å². The molecule has 2 aromatic rings. The van der Waals surface area contributed by atoms with E-state index < -0.39 is 0 Å². The Kier molecular flexibility index (Phi) is 4.62. The summed E-state index contributed by atoms with van der Waals surface area (Å²) in [5.74, 6) is -0.322. The lowest BCUT2D eigenvalue weighted by Gasteiger charge is -2.22. The van der Waals surface area contributed by atoms with Crippen LogP contribution in [0.1, 0.15) is 28.7 Å². The van der Waals surface area contributed by atoms with E-state index in [1.54, 1.807) is 6.07 Å². The summed E-state index contributed by atoms with van der Waals surface area (Å²) in [6, 6.07) is 9.53. The molecule has 0 saturated carbocycles. The minimum atomic E-state index is -0.322. The molecular formula is C16H21N3O2. The van der Waals surface area contributed by atoms with E-state index in [1.807, 2.05) is 41.8 Å². The number of esters is 1. The summed E-state index contributed by atoms with van der Waals surface area (Å²) in [7, 11) is 3.36. The summed E-state index contributed by atoms with van der Waals surface area (Å²) in [6.45, 7) is 5.56. The van der Waals surface area contributed by atoms with Gasteiger partial charge in [-0.15, -0.1) is 0 Å². The van der Waals surface area contributed by atoms with Crippen LogP contribution in [0, 0.1) is 6.92 Å². The van der Waals surface area contributed by atoms with Crippen molar-refractivity contribution in [1.29, 1.82) is 0 Å². The van der Waals surface area contributed by atoms with E-state index in [0.717, 1.165) is 23.6 Å². The topological polar surface area (TPSA) is 47.4 Å².